The molecule has 1 fully saturated rings. The van der Waals surface area contributed by atoms with Crippen molar-refractivity contribution in [3.05, 3.63) is 21.4 Å². The van der Waals surface area contributed by atoms with Crippen LogP contribution >= 0.6 is 27.5 Å². The standard InChI is InChI=1S/C10H13BrClN3/c1-15-4-2-7(3-5-15)9-6-8(11)10(12)14-13-9/h6-7H,2-5H2,1H3. The van der Waals surface area contributed by atoms with Crippen LogP contribution in [0.15, 0.2) is 10.5 Å². The summed E-state index contributed by atoms with van der Waals surface area (Å²) in [6, 6.07) is 1.99. The van der Waals surface area contributed by atoms with Gasteiger partial charge in [-0.25, -0.2) is 0 Å². The Morgan fingerprint density at radius 1 is 1.40 bits per heavy atom. The van der Waals surface area contributed by atoms with Gasteiger partial charge in [0.1, 0.15) is 0 Å². The number of piperidine rings is 1. The molecule has 0 atom stereocenters. The SMILES string of the molecule is CN1CCC(c2cc(Br)c(Cl)nn2)CC1. The van der Waals surface area contributed by atoms with E-state index in [-0.39, 0.29) is 0 Å². The molecule has 1 aromatic rings. The van der Waals surface area contributed by atoms with Crippen LogP contribution in [0.2, 0.25) is 5.15 Å². The van der Waals surface area contributed by atoms with Gasteiger partial charge >= 0.3 is 0 Å². The lowest BCUT2D eigenvalue weighted by atomic mass is 9.94. The zero-order valence-corrected chi connectivity index (χ0v) is 10.9. The molecule has 1 aliphatic rings. The van der Waals surface area contributed by atoms with Crippen molar-refractivity contribution in [1.29, 1.82) is 0 Å². The predicted octanol–water partition coefficient (Wildman–Crippen LogP) is 2.70. The Balaban J connectivity index is 2.12. The number of likely N-dealkylation sites (tertiary alicyclic amines) is 1. The van der Waals surface area contributed by atoms with Crippen molar-refractivity contribution in [3.8, 4) is 0 Å². The molecule has 0 saturated carbocycles. The van der Waals surface area contributed by atoms with E-state index in [1.807, 2.05) is 6.07 Å². The summed E-state index contributed by atoms with van der Waals surface area (Å²) >= 11 is 9.19. The lowest BCUT2D eigenvalue weighted by molar-refractivity contribution is 0.253. The topological polar surface area (TPSA) is 29.0 Å². The molecule has 0 aliphatic carbocycles. The monoisotopic (exact) mass is 289 g/mol. The Morgan fingerprint density at radius 2 is 2.07 bits per heavy atom. The second-order valence-corrected chi connectivity index (χ2v) is 5.20. The van der Waals surface area contributed by atoms with Gasteiger partial charge in [-0.3, -0.25) is 0 Å². The van der Waals surface area contributed by atoms with Crippen LogP contribution in [0.4, 0.5) is 0 Å². The first-order chi connectivity index (χ1) is 7.16. The molecule has 3 nitrogen and oxygen atoms in total. The van der Waals surface area contributed by atoms with Gasteiger partial charge in [0.25, 0.3) is 0 Å². The van der Waals surface area contributed by atoms with Crippen molar-refractivity contribution in [2.75, 3.05) is 20.1 Å². The Bertz CT molecular complexity index is 351. The number of halogens is 2. The molecule has 0 bridgehead atoms. The van der Waals surface area contributed by atoms with Crippen molar-refractivity contribution in [2.24, 2.45) is 0 Å². The van der Waals surface area contributed by atoms with E-state index in [9.17, 15) is 0 Å². The first-order valence-electron chi connectivity index (χ1n) is 5.04. The maximum atomic E-state index is 5.81. The number of nitrogens with zero attached hydrogens (tertiary/aromatic N) is 3. The Labute approximate surface area is 103 Å². The van der Waals surface area contributed by atoms with Crippen LogP contribution in [-0.4, -0.2) is 35.2 Å². The summed E-state index contributed by atoms with van der Waals surface area (Å²) in [6.45, 7) is 2.26. The van der Waals surface area contributed by atoms with Gasteiger partial charge in [-0.15, -0.1) is 5.10 Å². The predicted molar refractivity (Wildman–Crippen MR) is 64.2 cm³/mol. The minimum absolute atomic E-state index is 0.437. The minimum atomic E-state index is 0.437. The fraction of sp³-hybridized carbons (Fsp3) is 0.600. The van der Waals surface area contributed by atoms with Gasteiger partial charge in [0.15, 0.2) is 5.15 Å². The molecule has 0 amide bonds. The van der Waals surface area contributed by atoms with Crippen molar-refractivity contribution in [3.63, 3.8) is 0 Å². The maximum absolute atomic E-state index is 5.81. The van der Waals surface area contributed by atoms with Crippen LogP contribution in [0, 0.1) is 0 Å². The number of rotatable bonds is 1. The maximum Gasteiger partial charge on any atom is 0.165 e. The van der Waals surface area contributed by atoms with Gasteiger partial charge in [-0.1, -0.05) is 11.6 Å². The molecule has 15 heavy (non-hydrogen) atoms. The first kappa shape index (κ1) is 11.3. The molecule has 1 aliphatic heterocycles. The van der Waals surface area contributed by atoms with Crippen LogP contribution in [-0.2, 0) is 0 Å². The van der Waals surface area contributed by atoms with E-state index in [1.165, 1.54) is 0 Å². The smallest absolute Gasteiger partial charge is 0.165 e. The average molecular weight is 291 g/mol. The van der Waals surface area contributed by atoms with E-state index in [0.29, 0.717) is 11.1 Å². The lowest BCUT2D eigenvalue weighted by Gasteiger charge is -2.28. The summed E-state index contributed by atoms with van der Waals surface area (Å²) in [7, 11) is 2.15. The van der Waals surface area contributed by atoms with Crippen LogP contribution in [0.5, 0.6) is 0 Å². The molecule has 2 heterocycles. The number of hydrogen-bond acceptors (Lipinski definition) is 3. The molecule has 1 saturated heterocycles. The normalized spacial score (nSPS) is 19.4. The lowest BCUT2D eigenvalue weighted by Crippen LogP contribution is -2.29. The molecule has 5 heteroatoms. The minimum Gasteiger partial charge on any atom is -0.306 e. The van der Waals surface area contributed by atoms with Crippen molar-refractivity contribution < 1.29 is 0 Å². The number of aromatic nitrogens is 2. The summed E-state index contributed by atoms with van der Waals surface area (Å²) in [4.78, 5) is 2.34. The Kier molecular flexibility index (Phi) is 3.59. The Hall–Kier alpha value is -0.190. The quantitative estimate of drug-likeness (QED) is 0.796. The van der Waals surface area contributed by atoms with Crippen molar-refractivity contribution in [1.82, 2.24) is 15.1 Å². The summed E-state index contributed by atoms with van der Waals surface area (Å²) < 4.78 is 0.841. The van der Waals surface area contributed by atoms with Crippen LogP contribution < -0.4 is 0 Å². The second kappa shape index (κ2) is 4.76. The molecule has 82 valence electrons. The van der Waals surface area contributed by atoms with Gasteiger partial charge in [-0.2, -0.15) is 5.10 Å². The third-order valence-corrected chi connectivity index (χ3v) is 3.97. The number of hydrogen-bond donors (Lipinski definition) is 0. The van der Waals surface area contributed by atoms with Gasteiger partial charge in [0.2, 0.25) is 0 Å². The highest BCUT2D eigenvalue weighted by molar-refractivity contribution is 9.10. The van der Waals surface area contributed by atoms with Crippen LogP contribution in [0.3, 0.4) is 0 Å². The highest BCUT2D eigenvalue weighted by Gasteiger charge is 2.20. The molecular weight excluding hydrogens is 277 g/mol. The van der Waals surface area contributed by atoms with Gasteiger partial charge in [-0.05, 0) is 55.0 Å². The van der Waals surface area contributed by atoms with Gasteiger partial charge < -0.3 is 4.90 Å². The molecule has 0 N–H and O–H groups in total. The Morgan fingerprint density at radius 3 is 2.67 bits per heavy atom. The van der Waals surface area contributed by atoms with Crippen LogP contribution in [0.25, 0.3) is 0 Å². The third kappa shape index (κ3) is 2.68. The molecule has 2 rings (SSSR count). The van der Waals surface area contributed by atoms with E-state index in [4.69, 9.17) is 11.6 Å². The summed E-state index contributed by atoms with van der Waals surface area (Å²) in [5.41, 5.74) is 1.05. The summed E-state index contributed by atoms with van der Waals surface area (Å²) in [5.74, 6) is 0.530. The summed E-state index contributed by atoms with van der Waals surface area (Å²) in [5, 5.41) is 8.52. The highest BCUT2D eigenvalue weighted by Crippen LogP contribution is 2.29. The van der Waals surface area contributed by atoms with E-state index in [0.717, 1.165) is 36.1 Å². The fourth-order valence-corrected chi connectivity index (χ4v) is 2.28. The van der Waals surface area contributed by atoms with Crippen molar-refractivity contribution in [2.45, 2.75) is 18.8 Å². The fourth-order valence-electron chi connectivity index (χ4n) is 1.87. The molecule has 1 aromatic heterocycles. The molecule has 0 spiro atoms. The summed E-state index contributed by atoms with van der Waals surface area (Å²) in [6.07, 6.45) is 2.30. The highest BCUT2D eigenvalue weighted by atomic mass is 79.9. The van der Waals surface area contributed by atoms with E-state index >= 15 is 0 Å². The molecule has 0 radical (unpaired) electrons. The van der Waals surface area contributed by atoms with E-state index in [2.05, 4.69) is 38.1 Å². The zero-order chi connectivity index (χ0) is 10.8. The second-order valence-electron chi connectivity index (χ2n) is 3.99. The molecule has 0 unspecified atom stereocenters. The van der Waals surface area contributed by atoms with E-state index < -0.39 is 0 Å². The largest absolute Gasteiger partial charge is 0.306 e. The van der Waals surface area contributed by atoms with Crippen LogP contribution in [0.1, 0.15) is 24.5 Å². The molecule has 0 aromatic carbocycles. The van der Waals surface area contributed by atoms with Gasteiger partial charge in [0.05, 0.1) is 10.2 Å². The van der Waals surface area contributed by atoms with Crippen molar-refractivity contribution >= 4 is 27.5 Å². The average Bonchev–Trinajstić information content (AvgIpc) is 2.23. The third-order valence-electron chi connectivity index (χ3n) is 2.86. The zero-order valence-electron chi connectivity index (χ0n) is 8.58. The van der Waals surface area contributed by atoms with E-state index in [1.54, 1.807) is 0 Å². The van der Waals surface area contributed by atoms with Gasteiger partial charge in [0, 0.05) is 5.92 Å². The first-order valence-corrected chi connectivity index (χ1v) is 6.21. The molecular formula is C10H13BrClN3.